The Morgan fingerprint density at radius 1 is 1.47 bits per heavy atom. The molecule has 0 saturated heterocycles. The van der Waals surface area contributed by atoms with Crippen molar-refractivity contribution in [3.63, 3.8) is 0 Å². The Morgan fingerprint density at radius 3 is 3.16 bits per heavy atom. The number of hydrogen-bond donors (Lipinski definition) is 2. The molecule has 2 N–H and O–H groups in total. The summed E-state index contributed by atoms with van der Waals surface area (Å²) in [6, 6.07) is 8.18. The Kier molecular flexibility index (Phi) is 2.89. The maximum Gasteiger partial charge on any atom is 0.184 e. The zero-order chi connectivity index (χ0) is 13.2. The van der Waals surface area contributed by atoms with Crippen LogP contribution in [0.25, 0.3) is 11.0 Å². The van der Waals surface area contributed by atoms with Gasteiger partial charge in [0.05, 0.1) is 17.2 Å². The molecule has 5 nitrogen and oxygen atoms in total. The van der Waals surface area contributed by atoms with Gasteiger partial charge in [-0.1, -0.05) is 17.4 Å². The molecule has 0 spiro atoms. The standard InChI is InChI=1S/C13H11N5S/c1-8-17-11-3-2-9(4-12(11)18-8)6-15-13-16-7-10(5-14)19-13/h2-4,7H,6H2,1H3,(H,15,16)(H,17,18). The molecule has 0 amide bonds. The number of nitriles is 1. The second-order valence-corrected chi connectivity index (χ2v) is 5.20. The van der Waals surface area contributed by atoms with Crippen LogP contribution in [0.2, 0.25) is 0 Å². The molecular weight excluding hydrogens is 258 g/mol. The number of benzene rings is 1. The second kappa shape index (κ2) is 4.71. The number of hydrogen-bond acceptors (Lipinski definition) is 5. The van der Waals surface area contributed by atoms with Gasteiger partial charge >= 0.3 is 0 Å². The number of rotatable bonds is 3. The summed E-state index contributed by atoms with van der Waals surface area (Å²) < 4.78 is 0. The van der Waals surface area contributed by atoms with Gasteiger partial charge in [-0.05, 0) is 24.6 Å². The van der Waals surface area contributed by atoms with Gasteiger partial charge in [-0.15, -0.1) is 0 Å². The minimum Gasteiger partial charge on any atom is -0.357 e. The Bertz CT molecular complexity index is 765. The van der Waals surface area contributed by atoms with Gasteiger partial charge in [0, 0.05) is 6.54 Å². The normalized spacial score (nSPS) is 10.5. The van der Waals surface area contributed by atoms with Crippen molar-refractivity contribution >= 4 is 27.5 Å². The van der Waals surface area contributed by atoms with Crippen LogP contribution in [0.1, 0.15) is 16.3 Å². The molecule has 0 aliphatic heterocycles. The number of nitrogens with one attached hydrogen (secondary N) is 2. The quantitative estimate of drug-likeness (QED) is 0.766. The zero-order valence-corrected chi connectivity index (χ0v) is 11.1. The summed E-state index contributed by atoms with van der Waals surface area (Å²) in [6.07, 6.45) is 1.58. The summed E-state index contributed by atoms with van der Waals surface area (Å²) in [5.41, 5.74) is 3.15. The first kappa shape index (κ1) is 11.7. The minimum absolute atomic E-state index is 0.613. The first-order valence-corrected chi connectivity index (χ1v) is 6.61. The fraction of sp³-hybridized carbons (Fsp3) is 0.154. The summed E-state index contributed by atoms with van der Waals surface area (Å²) in [5, 5.41) is 12.7. The molecule has 6 heteroatoms. The fourth-order valence-corrected chi connectivity index (χ4v) is 2.49. The molecule has 0 aliphatic rings. The first-order chi connectivity index (χ1) is 9.24. The SMILES string of the molecule is Cc1nc2ccc(CNc3ncc(C#N)s3)cc2[nH]1. The lowest BCUT2D eigenvalue weighted by Gasteiger charge is -2.02. The predicted molar refractivity (Wildman–Crippen MR) is 75.0 cm³/mol. The molecule has 0 aliphatic carbocycles. The van der Waals surface area contributed by atoms with Crippen molar-refractivity contribution in [1.29, 1.82) is 5.26 Å². The van der Waals surface area contributed by atoms with Crippen LogP contribution in [0.15, 0.2) is 24.4 Å². The van der Waals surface area contributed by atoms with Crippen LogP contribution < -0.4 is 5.32 Å². The highest BCUT2D eigenvalue weighted by Crippen LogP contribution is 2.19. The van der Waals surface area contributed by atoms with E-state index in [9.17, 15) is 0 Å². The van der Waals surface area contributed by atoms with E-state index in [4.69, 9.17) is 5.26 Å². The lowest BCUT2D eigenvalue weighted by atomic mass is 10.2. The Balaban J connectivity index is 1.76. The van der Waals surface area contributed by atoms with Gasteiger partial charge in [0.25, 0.3) is 0 Å². The highest BCUT2D eigenvalue weighted by Gasteiger charge is 2.03. The Labute approximate surface area is 113 Å². The molecule has 0 atom stereocenters. The van der Waals surface area contributed by atoms with Crippen molar-refractivity contribution in [3.8, 4) is 6.07 Å². The topological polar surface area (TPSA) is 77.4 Å². The number of aryl methyl sites for hydroxylation is 1. The zero-order valence-electron chi connectivity index (χ0n) is 10.3. The number of thiazole rings is 1. The van der Waals surface area contributed by atoms with E-state index in [1.807, 2.05) is 19.1 Å². The maximum absolute atomic E-state index is 8.74. The molecule has 0 fully saturated rings. The van der Waals surface area contributed by atoms with E-state index in [-0.39, 0.29) is 0 Å². The van der Waals surface area contributed by atoms with Gasteiger partial charge in [0.15, 0.2) is 5.13 Å². The Hall–Kier alpha value is -2.39. The van der Waals surface area contributed by atoms with Crippen molar-refractivity contribution in [3.05, 3.63) is 40.7 Å². The molecule has 0 unspecified atom stereocenters. The van der Waals surface area contributed by atoms with Crippen LogP contribution in [0.3, 0.4) is 0 Å². The number of anilines is 1. The van der Waals surface area contributed by atoms with E-state index in [1.165, 1.54) is 11.3 Å². The van der Waals surface area contributed by atoms with Crippen LogP contribution in [-0.2, 0) is 6.54 Å². The monoisotopic (exact) mass is 269 g/mol. The average Bonchev–Trinajstić information content (AvgIpc) is 3.00. The van der Waals surface area contributed by atoms with E-state index in [0.717, 1.165) is 27.6 Å². The van der Waals surface area contributed by atoms with Crippen molar-refractivity contribution in [2.24, 2.45) is 0 Å². The number of aromatic nitrogens is 3. The third-order valence-electron chi connectivity index (χ3n) is 2.72. The van der Waals surface area contributed by atoms with Crippen LogP contribution in [0.4, 0.5) is 5.13 Å². The van der Waals surface area contributed by atoms with Gasteiger partial charge in [-0.2, -0.15) is 5.26 Å². The van der Waals surface area contributed by atoms with Crippen LogP contribution in [0.5, 0.6) is 0 Å². The minimum atomic E-state index is 0.613. The molecule has 0 bridgehead atoms. The van der Waals surface area contributed by atoms with Crippen LogP contribution >= 0.6 is 11.3 Å². The smallest absolute Gasteiger partial charge is 0.184 e. The predicted octanol–water partition coefficient (Wildman–Crippen LogP) is 2.81. The van der Waals surface area contributed by atoms with Gasteiger partial charge in [0.2, 0.25) is 0 Å². The fourth-order valence-electron chi connectivity index (χ4n) is 1.88. The molecule has 0 saturated carbocycles. The summed E-state index contributed by atoms with van der Waals surface area (Å²) in [6.45, 7) is 2.61. The van der Waals surface area contributed by atoms with E-state index in [0.29, 0.717) is 11.4 Å². The molecule has 2 aromatic heterocycles. The number of fused-ring (bicyclic) bond motifs is 1. The third kappa shape index (κ3) is 2.41. The summed E-state index contributed by atoms with van der Waals surface area (Å²) in [7, 11) is 0. The molecule has 3 aromatic rings. The highest BCUT2D eigenvalue weighted by atomic mass is 32.1. The molecule has 0 radical (unpaired) electrons. The highest BCUT2D eigenvalue weighted by molar-refractivity contribution is 7.16. The molecular formula is C13H11N5S. The van der Waals surface area contributed by atoms with Gasteiger partial charge in [-0.25, -0.2) is 9.97 Å². The number of imidazole rings is 1. The summed E-state index contributed by atoms with van der Waals surface area (Å²) in [5.74, 6) is 0.915. The van der Waals surface area contributed by atoms with E-state index >= 15 is 0 Å². The van der Waals surface area contributed by atoms with Crippen molar-refractivity contribution in [1.82, 2.24) is 15.0 Å². The molecule has 1 aromatic carbocycles. The van der Waals surface area contributed by atoms with Crippen molar-refractivity contribution < 1.29 is 0 Å². The number of H-pyrrole nitrogens is 1. The lowest BCUT2D eigenvalue weighted by Crippen LogP contribution is -1.98. The number of aromatic amines is 1. The average molecular weight is 269 g/mol. The molecule has 94 valence electrons. The van der Waals surface area contributed by atoms with Crippen molar-refractivity contribution in [2.75, 3.05) is 5.32 Å². The van der Waals surface area contributed by atoms with E-state index < -0.39 is 0 Å². The first-order valence-electron chi connectivity index (χ1n) is 5.79. The van der Waals surface area contributed by atoms with Gasteiger partial charge in [-0.3, -0.25) is 0 Å². The number of nitrogens with zero attached hydrogens (tertiary/aromatic N) is 3. The lowest BCUT2D eigenvalue weighted by molar-refractivity contribution is 1.14. The van der Waals surface area contributed by atoms with E-state index in [2.05, 4.69) is 32.4 Å². The van der Waals surface area contributed by atoms with E-state index in [1.54, 1.807) is 6.20 Å². The second-order valence-electron chi connectivity index (χ2n) is 4.17. The van der Waals surface area contributed by atoms with Crippen molar-refractivity contribution in [2.45, 2.75) is 13.5 Å². The van der Waals surface area contributed by atoms with Gasteiger partial charge < -0.3 is 10.3 Å². The van der Waals surface area contributed by atoms with Crippen LogP contribution in [-0.4, -0.2) is 15.0 Å². The summed E-state index contributed by atoms with van der Waals surface area (Å²) in [4.78, 5) is 12.3. The largest absolute Gasteiger partial charge is 0.357 e. The van der Waals surface area contributed by atoms with Crippen LogP contribution in [0, 0.1) is 18.3 Å². The van der Waals surface area contributed by atoms with Gasteiger partial charge in [0.1, 0.15) is 16.8 Å². The third-order valence-corrected chi connectivity index (χ3v) is 3.58. The molecule has 19 heavy (non-hydrogen) atoms. The maximum atomic E-state index is 8.74. The molecule has 3 rings (SSSR count). The molecule has 2 heterocycles. The Morgan fingerprint density at radius 2 is 2.37 bits per heavy atom. The summed E-state index contributed by atoms with van der Waals surface area (Å²) >= 11 is 1.36.